The Labute approximate surface area is 113 Å². The molecule has 0 bridgehead atoms. The van der Waals surface area contributed by atoms with Gasteiger partial charge in [-0.25, -0.2) is 0 Å². The highest BCUT2D eigenvalue weighted by molar-refractivity contribution is 9.10. The van der Waals surface area contributed by atoms with Crippen molar-refractivity contribution in [3.8, 4) is 0 Å². The molecule has 0 saturated heterocycles. The molecule has 0 amide bonds. The molecule has 0 aliphatic rings. The van der Waals surface area contributed by atoms with E-state index in [1.165, 1.54) is 5.57 Å². The Morgan fingerprint density at radius 1 is 1.59 bits per heavy atom. The Morgan fingerprint density at radius 3 is 2.94 bits per heavy atom. The number of hydrogen-bond donors (Lipinski definition) is 1. The van der Waals surface area contributed by atoms with Crippen molar-refractivity contribution >= 4 is 15.9 Å². The predicted octanol–water partition coefficient (Wildman–Crippen LogP) is 4.24. The fourth-order valence-electron chi connectivity index (χ4n) is 1.70. The molecule has 17 heavy (non-hydrogen) atoms. The van der Waals surface area contributed by atoms with Crippen LogP contribution in [0.1, 0.15) is 44.8 Å². The van der Waals surface area contributed by atoms with Crippen molar-refractivity contribution < 1.29 is 0 Å². The molecule has 0 fully saturated rings. The summed E-state index contributed by atoms with van der Waals surface area (Å²) in [7, 11) is 0. The zero-order chi connectivity index (χ0) is 12.7. The number of pyridine rings is 1. The van der Waals surface area contributed by atoms with Gasteiger partial charge in [-0.3, -0.25) is 4.98 Å². The lowest BCUT2D eigenvalue weighted by Gasteiger charge is -2.19. The molecule has 3 heteroatoms. The summed E-state index contributed by atoms with van der Waals surface area (Å²) in [4.78, 5) is 4.47. The highest BCUT2D eigenvalue weighted by Crippen LogP contribution is 2.25. The number of aromatic nitrogens is 1. The molecule has 0 radical (unpaired) electrons. The zero-order valence-corrected chi connectivity index (χ0v) is 12.3. The molecule has 1 aromatic rings. The fourth-order valence-corrected chi connectivity index (χ4v) is 2.23. The molecule has 1 unspecified atom stereocenters. The van der Waals surface area contributed by atoms with Crippen molar-refractivity contribution in [3.63, 3.8) is 0 Å². The Hall–Kier alpha value is -0.670. The molecular formula is C14H21BrN2. The maximum absolute atomic E-state index is 4.47. The minimum atomic E-state index is 0.308. The van der Waals surface area contributed by atoms with Gasteiger partial charge in [-0.05, 0) is 60.8 Å². The van der Waals surface area contributed by atoms with Crippen LogP contribution in [0.4, 0.5) is 0 Å². The molecule has 0 aliphatic heterocycles. The molecule has 1 aromatic heterocycles. The van der Waals surface area contributed by atoms with Crippen LogP contribution in [-0.2, 0) is 0 Å². The van der Waals surface area contributed by atoms with E-state index in [-0.39, 0.29) is 0 Å². The predicted molar refractivity (Wildman–Crippen MR) is 77.0 cm³/mol. The SMILES string of the molecule is C=C(C)CCC(NCCC)c1ncccc1Br. The van der Waals surface area contributed by atoms with E-state index in [2.05, 4.69) is 46.7 Å². The van der Waals surface area contributed by atoms with Crippen molar-refractivity contribution in [2.24, 2.45) is 0 Å². The molecule has 94 valence electrons. The minimum Gasteiger partial charge on any atom is -0.309 e. The van der Waals surface area contributed by atoms with E-state index < -0.39 is 0 Å². The molecule has 0 saturated carbocycles. The van der Waals surface area contributed by atoms with Crippen molar-refractivity contribution in [2.45, 2.75) is 39.2 Å². The normalized spacial score (nSPS) is 12.4. The quantitative estimate of drug-likeness (QED) is 0.761. The minimum absolute atomic E-state index is 0.308. The first-order valence-corrected chi connectivity index (χ1v) is 6.92. The molecule has 1 atom stereocenters. The first-order chi connectivity index (χ1) is 8.15. The molecule has 1 N–H and O–H groups in total. The third kappa shape index (κ3) is 5.00. The summed E-state index contributed by atoms with van der Waals surface area (Å²) in [5, 5.41) is 3.55. The maximum atomic E-state index is 4.47. The fraction of sp³-hybridized carbons (Fsp3) is 0.500. The van der Waals surface area contributed by atoms with Gasteiger partial charge in [-0.15, -0.1) is 6.58 Å². The van der Waals surface area contributed by atoms with E-state index in [4.69, 9.17) is 0 Å². The molecule has 1 heterocycles. The zero-order valence-electron chi connectivity index (χ0n) is 10.7. The van der Waals surface area contributed by atoms with E-state index >= 15 is 0 Å². The third-order valence-corrected chi connectivity index (χ3v) is 3.29. The number of nitrogens with zero attached hydrogens (tertiary/aromatic N) is 1. The van der Waals surface area contributed by atoms with Crippen LogP contribution in [0.5, 0.6) is 0 Å². The van der Waals surface area contributed by atoms with Gasteiger partial charge in [-0.1, -0.05) is 12.5 Å². The molecule has 2 nitrogen and oxygen atoms in total. The van der Waals surface area contributed by atoms with Crippen molar-refractivity contribution in [2.75, 3.05) is 6.54 Å². The summed E-state index contributed by atoms with van der Waals surface area (Å²) in [5.74, 6) is 0. The van der Waals surface area contributed by atoms with Crippen molar-refractivity contribution in [1.29, 1.82) is 0 Å². The Kier molecular flexibility index (Phi) is 6.45. The number of nitrogens with one attached hydrogen (secondary N) is 1. The lowest BCUT2D eigenvalue weighted by Crippen LogP contribution is -2.23. The van der Waals surface area contributed by atoms with Crippen LogP contribution >= 0.6 is 15.9 Å². The van der Waals surface area contributed by atoms with Gasteiger partial charge < -0.3 is 5.32 Å². The summed E-state index contributed by atoms with van der Waals surface area (Å²) in [6.45, 7) is 9.23. The number of hydrogen-bond acceptors (Lipinski definition) is 2. The van der Waals surface area contributed by atoms with Gasteiger partial charge in [-0.2, -0.15) is 0 Å². The van der Waals surface area contributed by atoms with E-state index in [1.807, 2.05) is 18.3 Å². The lowest BCUT2D eigenvalue weighted by atomic mass is 10.0. The smallest absolute Gasteiger partial charge is 0.0714 e. The average molecular weight is 297 g/mol. The first kappa shape index (κ1) is 14.4. The van der Waals surface area contributed by atoms with Crippen LogP contribution in [0, 0.1) is 0 Å². The second kappa shape index (κ2) is 7.62. The van der Waals surface area contributed by atoms with E-state index in [9.17, 15) is 0 Å². The second-order valence-electron chi connectivity index (χ2n) is 4.37. The van der Waals surface area contributed by atoms with Gasteiger partial charge >= 0.3 is 0 Å². The van der Waals surface area contributed by atoms with E-state index in [1.54, 1.807) is 0 Å². The number of rotatable bonds is 7. The monoisotopic (exact) mass is 296 g/mol. The standard InChI is InChI=1S/C14H21BrN2/c1-4-9-16-13(8-7-11(2)3)14-12(15)6-5-10-17-14/h5-6,10,13,16H,2,4,7-9H2,1,3H3. The van der Waals surface area contributed by atoms with Gasteiger partial charge in [0.2, 0.25) is 0 Å². The van der Waals surface area contributed by atoms with Crippen LogP contribution < -0.4 is 5.32 Å². The van der Waals surface area contributed by atoms with Crippen LogP contribution in [0.15, 0.2) is 35.0 Å². The van der Waals surface area contributed by atoms with Crippen molar-refractivity contribution in [3.05, 3.63) is 40.6 Å². The van der Waals surface area contributed by atoms with Gasteiger partial charge in [0, 0.05) is 10.7 Å². The molecule has 0 spiro atoms. The first-order valence-electron chi connectivity index (χ1n) is 6.13. The molecular weight excluding hydrogens is 276 g/mol. The Morgan fingerprint density at radius 2 is 2.35 bits per heavy atom. The van der Waals surface area contributed by atoms with Crippen LogP contribution in [0.2, 0.25) is 0 Å². The largest absolute Gasteiger partial charge is 0.309 e. The number of halogens is 1. The summed E-state index contributed by atoms with van der Waals surface area (Å²) in [5.41, 5.74) is 2.32. The van der Waals surface area contributed by atoms with E-state index in [0.29, 0.717) is 6.04 Å². The highest BCUT2D eigenvalue weighted by Gasteiger charge is 2.14. The van der Waals surface area contributed by atoms with E-state index in [0.717, 1.165) is 36.0 Å². The Balaban J connectivity index is 2.74. The topological polar surface area (TPSA) is 24.9 Å². The van der Waals surface area contributed by atoms with Gasteiger partial charge in [0.1, 0.15) is 0 Å². The number of allylic oxidation sites excluding steroid dienone is 1. The third-order valence-electron chi connectivity index (χ3n) is 2.62. The summed E-state index contributed by atoms with van der Waals surface area (Å²) in [6.07, 6.45) is 5.06. The van der Waals surface area contributed by atoms with Gasteiger partial charge in [0.15, 0.2) is 0 Å². The molecule has 0 aromatic carbocycles. The van der Waals surface area contributed by atoms with Crippen molar-refractivity contribution in [1.82, 2.24) is 10.3 Å². The molecule has 1 rings (SSSR count). The van der Waals surface area contributed by atoms with Gasteiger partial charge in [0.25, 0.3) is 0 Å². The lowest BCUT2D eigenvalue weighted by molar-refractivity contribution is 0.486. The van der Waals surface area contributed by atoms with Crippen LogP contribution in [-0.4, -0.2) is 11.5 Å². The summed E-state index contributed by atoms with van der Waals surface area (Å²) < 4.78 is 1.08. The van der Waals surface area contributed by atoms with Crippen LogP contribution in [0.25, 0.3) is 0 Å². The Bertz CT molecular complexity index is 363. The summed E-state index contributed by atoms with van der Waals surface area (Å²) >= 11 is 3.57. The highest BCUT2D eigenvalue weighted by atomic mass is 79.9. The second-order valence-corrected chi connectivity index (χ2v) is 5.23. The van der Waals surface area contributed by atoms with Crippen LogP contribution in [0.3, 0.4) is 0 Å². The summed E-state index contributed by atoms with van der Waals surface area (Å²) in [6, 6.07) is 4.30. The maximum Gasteiger partial charge on any atom is 0.0714 e. The molecule has 0 aliphatic carbocycles. The average Bonchev–Trinajstić information content (AvgIpc) is 2.30. The van der Waals surface area contributed by atoms with Gasteiger partial charge in [0.05, 0.1) is 11.7 Å².